The van der Waals surface area contributed by atoms with E-state index in [-0.39, 0.29) is 6.42 Å². The quantitative estimate of drug-likeness (QED) is 0.699. The lowest BCUT2D eigenvalue weighted by Gasteiger charge is -2.29. The maximum atomic E-state index is 11.9. The standard InChI is InChI=1S/C14H25F3N2/c15-14(16,17)6-1-2-7-18-8-5-11-9-12-3-4-13(10-11)19-12/h11-13,18-19H,1-10H2. The highest BCUT2D eigenvalue weighted by atomic mass is 19.4. The largest absolute Gasteiger partial charge is 0.389 e. The number of rotatable bonds is 7. The van der Waals surface area contributed by atoms with Crippen molar-refractivity contribution in [3.8, 4) is 0 Å². The maximum Gasteiger partial charge on any atom is 0.389 e. The van der Waals surface area contributed by atoms with Crippen LogP contribution in [0.1, 0.15) is 51.4 Å². The summed E-state index contributed by atoms with van der Waals surface area (Å²) in [6, 6.07) is 1.46. The SMILES string of the molecule is FC(F)(F)CCCCNCCC1CC2CCC(C1)N2. The summed E-state index contributed by atoms with van der Waals surface area (Å²) in [5.41, 5.74) is 0. The van der Waals surface area contributed by atoms with Gasteiger partial charge < -0.3 is 10.6 Å². The average Bonchev–Trinajstić information content (AvgIpc) is 2.66. The summed E-state index contributed by atoms with van der Waals surface area (Å²) in [6.45, 7) is 1.67. The Morgan fingerprint density at radius 2 is 1.68 bits per heavy atom. The van der Waals surface area contributed by atoms with Gasteiger partial charge in [-0.1, -0.05) is 0 Å². The van der Waals surface area contributed by atoms with Gasteiger partial charge in [0.1, 0.15) is 0 Å². The molecule has 2 fully saturated rings. The molecule has 0 aromatic heterocycles. The van der Waals surface area contributed by atoms with Crippen LogP contribution in [0.2, 0.25) is 0 Å². The van der Waals surface area contributed by atoms with E-state index in [1.54, 1.807) is 0 Å². The van der Waals surface area contributed by atoms with E-state index in [1.165, 1.54) is 32.1 Å². The van der Waals surface area contributed by atoms with Crippen molar-refractivity contribution in [2.75, 3.05) is 13.1 Å². The Labute approximate surface area is 113 Å². The minimum atomic E-state index is -3.99. The molecular formula is C14H25F3N2. The van der Waals surface area contributed by atoms with E-state index in [0.717, 1.165) is 24.5 Å². The molecule has 0 aromatic rings. The van der Waals surface area contributed by atoms with E-state index in [2.05, 4.69) is 10.6 Å². The molecule has 0 aromatic carbocycles. The van der Waals surface area contributed by atoms with E-state index in [1.807, 2.05) is 0 Å². The Bertz CT molecular complexity index is 256. The molecule has 0 saturated carbocycles. The first-order valence-corrected chi connectivity index (χ1v) is 7.56. The molecule has 2 unspecified atom stereocenters. The molecular weight excluding hydrogens is 253 g/mol. The Kier molecular flexibility index (Phi) is 5.51. The molecule has 2 atom stereocenters. The fourth-order valence-electron chi connectivity index (χ4n) is 3.42. The van der Waals surface area contributed by atoms with Crippen LogP contribution in [0.3, 0.4) is 0 Å². The Morgan fingerprint density at radius 3 is 2.32 bits per heavy atom. The lowest BCUT2D eigenvalue weighted by atomic mass is 9.90. The second kappa shape index (κ2) is 6.93. The van der Waals surface area contributed by atoms with Crippen LogP contribution in [0.25, 0.3) is 0 Å². The predicted molar refractivity (Wildman–Crippen MR) is 70.1 cm³/mol. The summed E-state index contributed by atoms with van der Waals surface area (Å²) < 4.78 is 35.8. The van der Waals surface area contributed by atoms with Crippen LogP contribution in [0.15, 0.2) is 0 Å². The zero-order valence-corrected chi connectivity index (χ0v) is 11.4. The summed E-state index contributed by atoms with van der Waals surface area (Å²) in [7, 11) is 0. The number of alkyl halides is 3. The number of hydrogen-bond acceptors (Lipinski definition) is 2. The van der Waals surface area contributed by atoms with Crippen LogP contribution in [0.5, 0.6) is 0 Å². The van der Waals surface area contributed by atoms with Gasteiger partial charge in [-0.3, -0.25) is 0 Å². The first-order valence-electron chi connectivity index (χ1n) is 7.56. The molecule has 2 bridgehead atoms. The maximum absolute atomic E-state index is 11.9. The molecule has 112 valence electrons. The van der Waals surface area contributed by atoms with E-state index < -0.39 is 12.6 Å². The molecule has 2 aliphatic heterocycles. The third-order valence-electron chi connectivity index (χ3n) is 4.36. The van der Waals surface area contributed by atoms with Crippen molar-refractivity contribution in [1.82, 2.24) is 10.6 Å². The predicted octanol–water partition coefficient (Wildman–Crippen LogP) is 3.23. The second-order valence-corrected chi connectivity index (χ2v) is 6.09. The van der Waals surface area contributed by atoms with Crippen molar-refractivity contribution >= 4 is 0 Å². The van der Waals surface area contributed by atoms with Gasteiger partial charge in [-0.25, -0.2) is 0 Å². The van der Waals surface area contributed by atoms with Gasteiger partial charge >= 0.3 is 6.18 Å². The van der Waals surface area contributed by atoms with Gasteiger partial charge in [0, 0.05) is 18.5 Å². The van der Waals surface area contributed by atoms with E-state index >= 15 is 0 Å². The normalized spacial score (nSPS) is 30.8. The lowest BCUT2D eigenvalue weighted by Crippen LogP contribution is -2.38. The van der Waals surface area contributed by atoms with Crippen LogP contribution < -0.4 is 10.6 Å². The van der Waals surface area contributed by atoms with Crippen molar-refractivity contribution in [3.05, 3.63) is 0 Å². The topological polar surface area (TPSA) is 24.1 Å². The van der Waals surface area contributed by atoms with Crippen molar-refractivity contribution < 1.29 is 13.2 Å². The number of nitrogens with one attached hydrogen (secondary N) is 2. The fourth-order valence-corrected chi connectivity index (χ4v) is 3.42. The van der Waals surface area contributed by atoms with E-state index in [4.69, 9.17) is 0 Å². The van der Waals surface area contributed by atoms with Gasteiger partial charge in [0.15, 0.2) is 0 Å². The molecule has 2 saturated heterocycles. The molecule has 2 N–H and O–H groups in total. The van der Waals surface area contributed by atoms with Gasteiger partial charge in [0.05, 0.1) is 0 Å². The van der Waals surface area contributed by atoms with Gasteiger partial charge in [-0.2, -0.15) is 13.2 Å². The lowest BCUT2D eigenvalue weighted by molar-refractivity contribution is -0.135. The molecule has 2 heterocycles. The van der Waals surface area contributed by atoms with Gasteiger partial charge in [-0.15, -0.1) is 0 Å². The monoisotopic (exact) mass is 278 g/mol. The highest BCUT2D eigenvalue weighted by molar-refractivity contribution is 4.91. The van der Waals surface area contributed by atoms with Crippen molar-refractivity contribution in [1.29, 1.82) is 0 Å². The van der Waals surface area contributed by atoms with Crippen LogP contribution in [-0.2, 0) is 0 Å². The third kappa shape index (κ3) is 5.69. The summed E-state index contributed by atoms with van der Waals surface area (Å²) >= 11 is 0. The Balaban J connectivity index is 1.44. The van der Waals surface area contributed by atoms with Crippen molar-refractivity contribution in [3.63, 3.8) is 0 Å². The summed E-state index contributed by atoms with van der Waals surface area (Å²) in [6.07, 6.45) is 2.62. The second-order valence-electron chi connectivity index (χ2n) is 6.09. The summed E-state index contributed by atoms with van der Waals surface area (Å²) in [4.78, 5) is 0. The molecule has 2 rings (SSSR count). The molecule has 0 radical (unpaired) electrons. The van der Waals surface area contributed by atoms with Crippen molar-refractivity contribution in [2.24, 2.45) is 5.92 Å². The van der Waals surface area contributed by atoms with Crippen LogP contribution >= 0.6 is 0 Å². The van der Waals surface area contributed by atoms with Crippen LogP contribution in [0.4, 0.5) is 13.2 Å². The highest BCUT2D eigenvalue weighted by Gasteiger charge is 2.32. The summed E-state index contributed by atoms with van der Waals surface area (Å²) in [5, 5.41) is 6.91. The van der Waals surface area contributed by atoms with E-state index in [0.29, 0.717) is 13.0 Å². The fraction of sp³-hybridized carbons (Fsp3) is 1.00. The first-order chi connectivity index (χ1) is 9.03. The zero-order chi connectivity index (χ0) is 13.7. The average molecular weight is 278 g/mol. The minimum absolute atomic E-state index is 0.244. The molecule has 0 amide bonds. The molecule has 0 aliphatic carbocycles. The number of fused-ring (bicyclic) bond motifs is 2. The number of unbranched alkanes of at least 4 members (excludes halogenated alkanes) is 1. The molecule has 0 spiro atoms. The van der Waals surface area contributed by atoms with Gasteiger partial charge in [-0.05, 0) is 64.0 Å². The molecule has 19 heavy (non-hydrogen) atoms. The molecule has 2 aliphatic rings. The zero-order valence-electron chi connectivity index (χ0n) is 11.4. The number of hydrogen-bond donors (Lipinski definition) is 2. The Hall–Kier alpha value is -0.290. The van der Waals surface area contributed by atoms with Crippen LogP contribution in [0, 0.1) is 5.92 Å². The summed E-state index contributed by atoms with van der Waals surface area (Å²) in [5.74, 6) is 0.807. The van der Waals surface area contributed by atoms with E-state index in [9.17, 15) is 13.2 Å². The highest BCUT2D eigenvalue weighted by Crippen LogP contribution is 2.32. The smallest absolute Gasteiger partial charge is 0.317 e. The number of halogens is 3. The third-order valence-corrected chi connectivity index (χ3v) is 4.36. The van der Waals surface area contributed by atoms with Crippen LogP contribution in [-0.4, -0.2) is 31.3 Å². The molecule has 5 heteroatoms. The van der Waals surface area contributed by atoms with Gasteiger partial charge in [0.2, 0.25) is 0 Å². The number of piperidine rings is 1. The van der Waals surface area contributed by atoms with Gasteiger partial charge in [0.25, 0.3) is 0 Å². The molecule has 2 nitrogen and oxygen atoms in total. The Morgan fingerprint density at radius 1 is 1.00 bits per heavy atom. The van der Waals surface area contributed by atoms with Crippen molar-refractivity contribution in [2.45, 2.75) is 69.6 Å². The first kappa shape index (κ1) is 15.1. The minimum Gasteiger partial charge on any atom is -0.317 e.